The molecule has 6 nitrogen and oxygen atoms in total. The molecule has 1 N–H and O–H groups in total. The van der Waals surface area contributed by atoms with Crippen molar-refractivity contribution in [2.45, 2.75) is 13.8 Å². The van der Waals surface area contributed by atoms with Crippen LogP contribution in [0.25, 0.3) is 0 Å². The lowest BCUT2D eigenvalue weighted by Gasteiger charge is -2.36. The van der Waals surface area contributed by atoms with Crippen molar-refractivity contribution < 1.29 is 4.79 Å². The molecule has 1 amide bonds. The SMILES string of the molecule is CNc1c(Cl)ncnc1N1CCN(CC(C)C)C(=O)C1. The number of aromatic nitrogens is 2. The molecule has 1 saturated heterocycles. The number of hydrogen-bond acceptors (Lipinski definition) is 5. The fourth-order valence-corrected chi connectivity index (χ4v) is 2.56. The zero-order valence-electron chi connectivity index (χ0n) is 12.1. The third-order valence-corrected chi connectivity index (χ3v) is 3.52. The van der Waals surface area contributed by atoms with Crippen LogP contribution in [0.5, 0.6) is 0 Å². The average molecular weight is 298 g/mol. The number of piperazine rings is 1. The van der Waals surface area contributed by atoms with Gasteiger partial charge in [0.2, 0.25) is 5.91 Å². The Morgan fingerprint density at radius 3 is 2.75 bits per heavy atom. The van der Waals surface area contributed by atoms with Crippen LogP contribution in [0.15, 0.2) is 6.33 Å². The standard InChI is InChI=1S/C13H20ClN5O/c1-9(2)6-18-4-5-19(7-10(18)20)13-11(15-3)12(14)16-8-17-13/h8-9,15H,4-7H2,1-3H3. The second kappa shape index (κ2) is 6.26. The molecule has 2 rings (SSSR count). The van der Waals surface area contributed by atoms with Gasteiger partial charge in [0.1, 0.15) is 12.0 Å². The number of amides is 1. The summed E-state index contributed by atoms with van der Waals surface area (Å²) in [6, 6.07) is 0. The Morgan fingerprint density at radius 2 is 2.15 bits per heavy atom. The zero-order chi connectivity index (χ0) is 14.7. The summed E-state index contributed by atoms with van der Waals surface area (Å²) in [5.41, 5.74) is 0.666. The lowest BCUT2D eigenvalue weighted by molar-refractivity contribution is -0.131. The van der Waals surface area contributed by atoms with Crippen molar-refractivity contribution in [2.75, 3.05) is 43.4 Å². The van der Waals surface area contributed by atoms with Crippen molar-refractivity contribution in [3.05, 3.63) is 11.5 Å². The van der Waals surface area contributed by atoms with Gasteiger partial charge in [0, 0.05) is 26.7 Å². The van der Waals surface area contributed by atoms with Gasteiger partial charge in [-0.25, -0.2) is 9.97 Å². The van der Waals surface area contributed by atoms with Gasteiger partial charge < -0.3 is 15.1 Å². The van der Waals surface area contributed by atoms with E-state index in [9.17, 15) is 4.79 Å². The fourth-order valence-electron chi connectivity index (χ4n) is 2.33. The maximum absolute atomic E-state index is 12.2. The number of halogens is 1. The highest BCUT2D eigenvalue weighted by molar-refractivity contribution is 6.32. The normalized spacial score (nSPS) is 15.9. The first-order chi connectivity index (χ1) is 9.52. The minimum atomic E-state index is 0.127. The molecule has 1 aromatic rings. The largest absolute Gasteiger partial charge is 0.383 e. The third-order valence-electron chi connectivity index (χ3n) is 3.23. The van der Waals surface area contributed by atoms with E-state index in [-0.39, 0.29) is 5.91 Å². The maximum atomic E-state index is 12.2. The van der Waals surface area contributed by atoms with E-state index in [0.717, 1.165) is 13.1 Å². The lowest BCUT2D eigenvalue weighted by Crippen LogP contribution is -2.51. The van der Waals surface area contributed by atoms with Crippen LogP contribution in [0.3, 0.4) is 0 Å². The average Bonchev–Trinajstić information content (AvgIpc) is 2.40. The van der Waals surface area contributed by atoms with Crippen molar-refractivity contribution in [1.82, 2.24) is 14.9 Å². The summed E-state index contributed by atoms with van der Waals surface area (Å²) >= 11 is 6.05. The molecule has 0 aliphatic carbocycles. The van der Waals surface area contributed by atoms with Crippen molar-refractivity contribution in [1.29, 1.82) is 0 Å². The van der Waals surface area contributed by atoms with Crippen molar-refractivity contribution >= 4 is 29.0 Å². The molecular weight excluding hydrogens is 278 g/mol. The summed E-state index contributed by atoms with van der Waals surface area (Å²) < 4.78 is 0. The lowest BCUT2D eigenvalue weighted by atomic mass is 10.2. The van der Waals surface area contributed by atoms with E-state index in [1.165, 1.54) is 6.33 Å². The third kappa shape index (κ3) is 3.12. The Morgan fingerprint density at radius 1 is 1.40 bits per heavy atom. The molecule has 0 saturated carbocycles. The minimum Gasteiger partial charge on any atom is -0.383 e. The van der Waals surface area contributed by atoms with Crippen LogP contribution >= 0.6 is 11.6 Å². The molecule has 1 aliphatic heterocycles. The van der Waals surface area contributed by atoms with E-state index >= 15 is 0 Å². The molecule has 7 heteroatoms. The molecule has 1 aliphatic rings. The van der Waals surface area contributed by atoms with Gasteiger partial charge in [-0.1, -0.05) is 25.4 Å². The van der Waals surface area contributed by atoms with Gasteiger partial charge in [-0.2, -0.15) is 0 Å². The molecule has 2 heterocycles. The Kier molecular flexibility index (Phi) is 4.65. The van der Waals surface area contributed by atoms with Crippen molar-refractivity contribution in [2.24, 2.45) is 5.92 Å². The topological polar surface area (TPSA) is 61.4 Å². The summed E-state index contributed by atoms with van der Waals surface area (Å²) in [6.45, 7) is 6.82. The van der Waals surface area contributed by atoms with Gasteiger partial charge in [-0.15, -0.1) is 0 Å². The number of carbonyl (C=O) groups excluding carboxylic acids is 1. The zero-order valence-corrected chi connectivity index (χ0v) is 12.8. The van der Waals surface area contributed by atoms with Gasteiger partial charge in [-0.05, 0) is 5.92 Å². The number of nitrogens with one attached hydrogen (secondary N) is 1. The van der Waals surface area contributed by atoms with Gasteiger partial charge >= 0.3 is 0 Å². The first kappa shape index (κ1) is 14.8. The second-order valence-electron chi connectivity index (χ2n) is 5.27. The van der Waals surface area contributed by atoms with Crippen LogP contribution in [0.1, 0.15) is 13.8 Å². The molecule has 0 bridgehead atoms. The highest BCUT2D eigenvalue weighted by Crippen LogP contribution is 2.29. The predicted octanol–water partition coefficient (Wildman–Crippen LogP) is 1.48. The van der Waals surface area contributed by atoms with E-state index < -0.39 is 0 Å². The highest BCUT2D eigenvalue weighted by Gasteiger charge is 2.27. The van der Waals surface area contributed by atoms with Crippen LogP contribution in [-0.2, 0) is 4.79 Å². The fraction of sp³-hybridized carbons (Fsp3) is 0.615. The molecule has 110 valence electrons. The smallest absolute Gasteiger partial charge is 0.242 e. The van der Waals surface area contributed by atoms with Crippen LogP contribution < -0.4 is 10.2 Å². The molecule has 0 spiro atoms. The summed E-state index contributed by atoms with van der Waals surface area (Å²) in [5.74, 6) is 1.29. The number of anilines is 2. The Bertz CT molecular complexity index is 494. The summed E-state index contributed by atoms with van der Waals surface area (Å²) in [4.78, 5) is 24.2. The summed E-state index contributed by atoms with van der Waals surface area (Å²) in [7, 11) is 1.77. The van der Waals surface area contributed by atoms with Crippen molar-refractivity contribution in [3.8, 4) is 0 Å². The van der Waals surface area contributed by atoms with Crippen molar-refractivity contribution in [3.63, 3.8) is 0 Å². The quantitative estimate of drug-likeness (QED) is 0.853. The van der Waals surface area contributed by atoms with Crippen LogP contribution in [0.2, 0.25) is 5.15 Å². The molecule has 20 heavy (non-hydrogen) atoms. The summed E-state index contributed by atoms with van der Waals surface area (Å²) in [6.07, 6.45) is 1.42. The Balaban J connectivity index is 2.13. The number of carbonyl (C=O) groups is 1. The molecule has 0 atom stereocenters. The predicted molar refractivity (Wildman–Crippen MR) is 80.2 cm³/mol. The van der Waals surface area contributed by atoms with E-state index in [1.54, 1.807) is 7.05 Å². The molecule has 0 unspecified atom stereocenters. The van der Waals surface area contributed by atoms with Gasteiger partial charge in [0.25, 0.3) is 0 Å². The summed E-state index contributed by atoms with van der Waals surface area (Å²) in [5, 5.41) is 3.37. The van der Waals surface area contributed by atoms with E-state index in [0.29, 0.717) is 35.7 Å². The molecular formula is C13H20ClN5O. The molecule has 1 fully saturated rings. The Labute approximate surface area is 124 Å². The molecule has 0 aromatic carbocycles. The molecule has 1 aromatic heterocycles. The number of hydrogen-bond donors (Lipinski definition) is 1. The van der Waals surface area contributed by atoms with Gasteiger partial charge in [-0.3, -0.25) is 4.79 Å². The van der Waals surface area contributed by atoms with E-state index in [4.69, 9.17) is 11.6 Å². The molecule has 0 radical (unpaired) electrons. The van der Waals surface area contributed by atoms with E-state index in [1.807, 2.05) is 9.80 Å². The minimum absolute atomic E-state index is 0.127. The first-order valence-corrected chi connectivity index (χ1v) is 7.11. The maximum Gasteiger partial charge on any atom is 0.242 e. The number of rotatable bonds is 4. The van der Waals surface area contributed by atoms with Gasteiger partial charge in [0.15, 0.2) is 11.0 Å². The van der Waals surface area contributed by atoms with Gasteiger partial charge in [0.05, 0.1) is 6.54 Å². The first-order valence-electron chi connectivity index (χ1n) is 6.74. The van der Waals surface area contributed by atoms with Crippen LogP contribution in [-0.4, -0.2) is 54.0 Å². The van der Waals surface area contributed by atoms with Crippen LogP contribution in [0.4, 0.5) is 11.5 Å². The van der Waals surface area contributed by atoms with Crippen LogP contribution in [0, 0.1) is 5.92 Å². The highest BCUT2D eigenvalue weighted by atomic mass is 35.5. The van der Waals surface area contributed by atoms with E-state index in [2.05, 4.69) is 29.1 Å². The number of nitrogens with zero attached hydrogens (tertiary/aromatic N) is 4. The second-order valence-corrected chi connectivity index (χ2v) is 5.63. The Hall–Kier alpha value is -1.56. The monoisotopic (exact) mass is 297 g/mol.